The maximum absolute atomic E-state index is 13.2. The molecule has 0 spiro atoms. The van der Waals surface area contributed by atoms with Gasteiger partial charge in [0.2, 0.25) is 5.91 Å². The minimum absolute atomic E-state index is 0.275. The number of nitrogens with one attached hydrogen (secondary N) is 1. The van der Waals surface area contributed by atoms with Crippen LogP contribution in [-0.4, -0.2) is 10.9 Å². The lowest BCUT2D eigenvalue weighted by atomic mass is 10.1. The molecule has 2 aromatic carbocycles. The van der Waals surface area contributed by atoms with Gasteiger partial charge in [-0.15, -0.1) is 0 Å². The van der Waals surface area contributed by atoms with Crippen molar-refractivity contribution in [3.05, 3.63) is 95.8 Å². The summed E-state index contributed by atoms with van der Waals surface area (Å²) in [5.41, 5.74) is 1.26. The normalized spacial score (nSPS) is 12.0. The molecule has 1 atom stereocenters. The Morgan fingerprint density at radius 1 is 1.04 bits per heavy atom. The zero-order chi connectivity index (χ0) is 19.9. The Bertz CT molecular complexity index is 991. The average Bonchev–Trinajstić information content (AvgIpc) is 2.70. The van der Waals surface area contributed by atoms with Crippen molar-refractivity contribution < 1.29 is 18.3 Å². The summed E-state index contributed by atoms with van der Waals surface area (Å²) >= 11 is 0. The molecule has 6 heteroatoms. The van der Waals surface area contributed by atoms with Crippen molar-refractivity contribution in [2.75, 3.05) is 0 Å². The van der Waals surface area contributed by atoms with Gasteiger partial charge < -0.3 is 10.1 Å². The fourth-order valence-electron chi connectivity index (χ4n) is 2.52. The van der Waals surface area contributed by atoms with Crippen LogP contribution in [0.1, 0.15) is 24.1 Å². The number of benzene rings is 2. The minimum Gasteiger partial charge on any atom is -0.457 e. The summed E-state index contributed by atoms with van der Waals surface area (Å²) in [6, 6.07) is 14.0. The first kappa shape index (κ1) is 19.2. The van der Waals surface area contributed by atoms with Crippen LogP contribution >= 0.6 is 0 Å². The van der Waals surface area contributed by atoms with Crippen LogP contribution < -0.4 is 10.1 Å². The van der Waals surface area contributed by atoms with E-state index < -0.39 is 11.6 Å². The summed E-state index contributed by atoms with van der Waals surface area (Å²) in [4.78, 5) is 16.1. The topological polar surface area (TPSA) is 51.2 Å². The summed E-state index contributed by atoms with van der Waals surface area (Å²) in [5, 5.41) is 2.82. The largest absolute Gasteiger partial charge is 0.457 e. The molecule has 0 fully saturated rings. The number of halogens is 2. The first-order valence-electron chi connectivity index (χ1n) is 8.63. The maximum Gasteiger partial charge on any atom is 0.244 e. The van der Waals surface area contributed by atoms with Crippen LogP contribution in [-0.2, 0) is 4.79 Å². The molecule has 4 nitrogen and oxygen atoms in total. The van der Waals surface area contributed by atoms with Crippen molar-refractivity contribution in [1.82, 2.24) is 10.3 Å². The Morgan fingerprint density at radius 3 is 2.57 bits per heavy atom. The van der Waals surface area contributed by atoms with Crippen LogP contribution in [0.15, 0.2) is 73.1 Å². The Balaban J connectivity index is 1.62. The van der Waals surface area contributed by atoms with Crippen molar-refractivity contribution >= 4 is 12.0 Å². The number of hydrogen-bond donors (Lipinski definition) is 1. The number of hydrogen-bond acceptors (Lipinski definition) is 3. The number of ether oxygens (including phenoxy) is 1. The second-order valence-corrected chi connectivity index (χ2v) is 6.09. The first-order chi connectivity index (χ1) is 13.5. The molecule has 1 amide bonds. The van der Waals surface area contributed by atoms with E-state index in [1.54, 1.807) is 24.5 Å². The molecule has 1 N–H and O–H groups in total. The number of carbonyl (C=O) groups is 1. The maximum atomic E-state index is 13.2. The standard InChI is InChI=1S/C22H18F2N2O2/c1-15(26-22(27)8-6-16-5-7-20(23)21(24)13-16)17-3-2-4-19(14-17)28-18-9-11-25-12-10-18/h2-15H,1H3,(H,26,27). The quantitative estimate of drug-likeness (QED) is 0.610. The highest BCUT2D eigenvalue weighted by Crippen LogP contribution is 2.24. The Kier molecular flexibility index (Phi) is 6.11. The summed E-state index contributed by atoms with van der Waals surface area (Å²) < 4.78 is 31.9. The number of nitrogens with zero attached hydrogens (tertiary/aromatic N) is 1. The average molecular weight is 380 g/mol. The molecule has 1 unspecified atom stereocenters. The van der Waals surface area contributed by atoms with Crippen LogP contribution in [0.25, 0.3) is 6.08 Å². The third-order valence-electron chi connectivity index (χ3n) is 3.97. The van der Waals surface area contributed by atoms with Gasteiger partial charge in [-0.2, -0.15) is 0 Å². The molecule has 0 radical (unpaired) electrons. The molecule has 142 valence electrons. The van der Waals surface area contributed by atoms with Crippen LogP contribution in [0.3, 0.4) is 0 Å². The first-order valence-corrected chi connectivity index (χ1v) is 8.63. The Labute approximate surface area is 161 Å². The summed E-state index contributed by atoms with van der Waals surface area (Å²) in [5.74, 6) is -0.927. The van der Waals surface area contributed by atoms with Crippen LogP contribution in [0.4, 0.5) is 8.78 Å². The van der Waals surface area contributed by atoms with Gasteiger partial charge in [0.1, 0.15) is 11.5 Å². The molecule has 1 heterocycles. The molecule has 0 aliphatic rings. The predicted molar refractivity (Wildman–Crippen MR) is 103 cm³/mol. The van der Waals surface area contributed by atoms with E-state index in [0.717, 1.165) is 17.7 Å². The van der Waals surface area contributed by atoms with Crippen LogP contribution in [0.5, 0.6) is 11.5 Å². The monoisotopic (exact) mass is 380 g/mol. The lowest BCUT2D eigenvalue weighted by Crippen LogP contribution is -2.24. The lowest BCUT2D eigenvalue weighted by molar-refractivity contribution is -0.117. The van der Waals surface area contributed by atoms with Crippen LogP contribution in [0, 0.1) is 11.6 Å². The molecule has 3 rings (SSSR count). The number of carbonyl (C=O) groups excluding carboxylic acids is 1. The van der Waals surface area contributed by atoms with E-state index in [4.69, 9.17) is 4.74 Å². The summed E-state index contributed by atoms with van der Waals surface area (Å²) in [7, 11) is 0. The fourth-order valence-corrected chi connectivity index (χ4v) is 2.52. The minimum atomic E-state index is -0.957. The van der Waals surface area contributed by atoms with Gasteiger partial charge in [-0.1, -0.05) is 18.2 Å². The van der Waals surface area contributed by atoms with Gasteiger partial charge in [0.25, 0.3) is 0 Å². The molecule has 0 aliphatic carbocycles. The number of amides is 1. The van der Waals surface area contributed by atoms with Crippen molar-refractivity contribution in [2.24, 2.45) is 0 Å². The number of pyridine rings is 1. The van der Waals surface area contributed by atoms with Gasteiger partial charge in [-0.05, 0) is 60.5 Å². The van der Waals surface area contributed by atoms with Gasteiger partial charge in [0.05, 0.1) is 6.04 Å². The van der Waals surface area contributed by atoms with Crippen molar-refractivity contribution in [1.29, 1.82) is 0 Å². The summed E-state index contributed by atoms with van der Waals surface area (Å²) in [6.07, 6.45) is 5.98. The molecule has 0 saturated carbocycles. The third kappa shape index (κ3) is 5.23. The van der Waals surface area contributed by atoms with E-state index in [-0.39, 0.29) is 11.9 Å². The van der Waals surface area contributed by atoms with Gasteiger partial charge in [-0.25, -0.2) is 8.78 Å². The molecule has 1 aromatic heterocycles. The van der Waals surface area contributed by atoms with Crippen LogP contribution in [0.2, 0.25) is 0 Å². The molecular formula is C22H18F2N2O2. The smallest absolute Gasteiger partial charge is 0.244 e. The van der Waals surface area contributed by atoms with E-state index >= 15 is 0 Å². The number of rotatable bonds is 6. The van der Waals surface area contributed by atoms with E-state index in [0.29, 0.717) is 17.1 Å². The molecule has 0 saturated heterocycles. The SMILES string of the molecule is CC(NC(=O)C=Cc1ccc(F)c(F)c1)c1cccc(Oc2ccncc2)c1. The van der Waals surface area contributed by atoms with Crippen molar-refractivity contribution in [3.63, 3.8) is 0 Å². The van der Waals surface area contributed by atoms with Crippen molar-refractivity contribution in [2.45, 2.75) is 13.0 Å². The molecule has 28 heavy (non-hydrogen) atoms. The molecule has 0 bridgehead atoms. The zero-order valence-electron chi connectivity index (χ0n) is 15.1. The van der Waals surface area contributed by atoms with Gasteiger partial charge in [-0.3, -0.25) is 9.78 Å². The Morgan fingerprint density at radius 2 is 1.82 bits per heavy atom. The number of aromatic nitrogens is 1. The highest BCUT2D eigenvalue weighted by molar-refractivity contribution is 5.91. The third-order valence-corrected chi connectivity index (χ3v) is 3.97. The second-order valence-electron chi connectivity index (χ2n) is 6.09. The predicted octanol–water partition coefficient (Wildman–Crippen LogP) is 5.04. The van der Waals surface area contributed by atoms with E-state index in [1.165, 1.54) is 18.2 Å². The van der Waals surface area contributed by atoms with Gasteiger partial charge in [0.15, 0.2) is 11.6 Å². The Hall–Kier alpha value is -3.54. The van der Waals surface area contributed by atoms with E-state index in [9.17, 15) is 13.6 Å². The lowest BCUT2D eigenvalue weighted by Gasteiger charge is -2.14. The van der Waals surface area contributed by atoms with Gasteiger partial charge >= 0.3 is 0 Å². The second kappa shape index (κ2) is 8.90. The van der Waals surface area contributed by atoms with Crippen molar-refractivity contribution in [3.8, 4) is 11.5 Å². The molecule has 3 aromatic rings. The zero-order valence-corrected chi connectivity index (χ0v) is 15.1. The van der Waals surface area contributed by atoms with E-state index in [2.05, 4.69) is 10.3 Å². The van der Waals surface area contributed by atoms with E-state index in [1.807, 2.05) is 31.2 Å². The van der Waals surface area contributed by atoms with Gasteiger partial charge in [0, 0.05) is 18.5 Å². The summed E-state index contributed by atoms with van der Waals surface area (Å²) in [6.45, 7) is 1.84. The molecule has 0 aliphatic heterocycles. The highest BCUT2D eigenvalue weighted by Gasteiger charge is 2.09. The molecular weight excluding hydrogens is 362 g/mol. The fraction of sp³-hybridized carbons (Fsp3) is 0.0909. The highest BCUT2D eigenvalue weighted by atomic mass is 19.2.